The first-order valence-electron chi connectivity index (χ1n) is 17.9. The second-order valence-electron chi connectivity index (χ2n) is 14.7. The van der Waals surface area contributed by atoms with Crippen LogP contribution in [0.2, 0.25) is 0 Å². The average Bonchev–Trinajstić information content (AvgIpc) is 3.56. The first kappa shape index (κ1) is 33.4. The quantitative estimate of drug-likeness (QED) is 0.162. The molecule has 4 aromatic rings. The van der Waals surface area contributed by atoms with Crippen LogP contribution < -0.4 is 15.1 Å². The Hall–Kier alpha value is -6.49. The van der Waals surface area contributed by atoms with E-state index in [9.17, 15) is 29.4 Å². The minimum atomic E-state index is -1.46. The standard InChI is InChI=1S/C43H35N3O8/c1-23-10-12-28(13-11-23)44-46-39(49)34-21-33-31(15-16-32-36(33)40(50)45(38(32)48)29-9-5-6-24(19-29)41(51)52)37(43(34,42(46)53)27-7-3-2-4-8-27)26-18-25-20-30(47)14-17-35(25)54-22-26/h2-15,17,19-20,22,32-34,36-37,44,47H,16,18,21H2,1H3,(H,51,52)/t32-,33+,34-,36-,37-,43+/m0/s1. The minimum Gasteiger partial charge on any atom is -0.508 e. The number of aromatic carboxylic acids is 1. The number of carbonyl (C=O) groups excluding carboxylic acids is 4. The van der Waals surface area contributed by atoms with Crippen molar-refractivity contribution in [2.45, 2.75) is 31.6 Å². The molecule has 0 spiro atoms. The molecule has 0 radical (unpaired) electrons. The number of allylic oxidation sites excluding steroid dienone is 3. The fraction of sp³-hybridized carbons (Fsp3) is 0.233. The Kier molecular flexibility index (Phi) is 7.59. The number of nitrogens with zero attached hydrogens (tertiary/aromatic N) is 2. The van der Waals surface area contributed by atoms with Crippen molar-refractivity contribution in [1.29, 1.82) is 0 Å². The van der Waals surface area contributed by atoms with Gasteiger partial charge >= 0.3 is 5.97 Å². The highest BCUT2D eigenvalue weighted by molar-refractivity contribution is 6.23. The van der Waals surface area contributed by atoms with Crippen molar-refractivity contribution >= 4 is 41.0 Å². The molecule has 5 aliphatic rings. The van der Waals surface area contributed by atoms with E-state index in [1.807, 2.05) is 55.5 Å². The molecule has 0 unspecified atom stereocenters. The summed E-state index contributed by atoms with van der Waals surface area (Å²) in [6.07, 6.45) is 4.21. The number of carboxylic acids is 1. The summed E-state index contributed by atoms with van der Waals surface area (Å²) in [7, 11) is 0. The number of carbonyl (C=O) groups is 5. The third-order valence-corrected chi connectivity index (χ3v) is 11.9. The molecule has 3 heterocycles. The van der Waals surface area contributed by atoms with Crippen molar-refractivity contribution in [2.24, 2.45) is 29.6 Å². The van der Waals surface area contributed by atoms with Gasteiger partial charge in [-0.15, -0.1) is 0 Å². The van der Waals surface area contributed by atoms with Gasteiger partial charge in [-0.3, -0.25) is 29.5 Å². The number of aryl methyl sites for hydroxylation is 1. The monoisotopic (exact) mass is 721 g/mol. The summed E-state index contributed by atoms with van der Waals surface area (Å²) in [5.74, 6) is -6.30. The summed E-state index contributed by atoms with van der Waals surface area (Å²) in [6, 6.07) is 27.2. The second-order valence-corrected chi connectivity index (χ2v) is 14.7. The van der Waals surface area contributed by atoms with Crippen LogP contribution in [0, 0.1) is 36.5 Å². The van der Waals surface area contributed by atoms with Crippen LogP contribution in [0.1, 0.15) is 39.9 Å². The molecule has 3 fully saturated rings. The van der Waals surface area contributed by atoms with Crippen molar-refractivity contribution in [3.8, 4) is 11.5 Å². The Morgan fingerprint density at radius 3 is 2.41 bits per heavy atom. The van der Waals surface area contributed by atoms with Crippen LogP contribution in [-0.4, -0.2) is 44.8 Å². The number of amides is 4. The fourth-order valence-electron chi connectivity index (χ4n) is 9.60. The number of phenols is 1. The largest absolute Gasteiger partial charge is 0.508 e. The van der Waals surface area contributed by atoms with E-state index in [1.54, 1.807) is 36.6 Å². The molecule has 3 aliphatic heterocycles. The van der Waals surface area contributed by atoms with E-state index >= 15 is 4.79 Å². The number of ether oxygens (including phenoxy) is 1. The smallest absolute Gasteiger partial charge is 0.335 e. The summed E-state index contributed by atoms with van der Waals surface area (Å²) >= 11 is 0. The Morgan fingerprint density at radius 1 is 0.870 bits per heavy atom. The number of fused-ring (bicyclic) bond motifs is 5. The third-order valence-electron chi connectivity index (χ3n) is 11.9. The van der Waals surface area contributed by atoms with Crippen LogP contribution in [0.25, 0.3) is 0 Å². The van der Waals surface area contributed by atoms with E-state index in [0.29, 0.717) is 34.6 Å². The number of imide groups is 2. The predicted octanol–water partition coefficient (Wildman–Crippen LogP) is 5.94. The highest BCUT2D eigenvalue weighted by Crippen LogP contribution is 2.63. The van der Waals surface area contributed by atoms with Gasteiger partial charge in [-0.25, -0.2) is 4.79 Å². The van der Waals surface area contributed by atoms with Crippen molar-refractivity contribution in [3.63, 3.8) is 0 Å². The van der Waals surface area contributed by atoms with Gasteiger partial charge in [-0.2, -0.15) is 5.01 Å². The van der Waals surface area contributed by atoms with Gasteiger partial charge in [-0.05, 0) is 85.4 Å². The highest BCUT2D eigenvalue weighted by Gasteiger charge is 2.70. The van der Waals surface area contributed by atoms with Crippen LogP contribution in [0.4, 0.5) is 11.4 Å². The lowest BCUT2D eigenvalue weighted by molar-refractivity contribution is -0.139. The number of phenolic OH excluding ortho intramolecular Hbond substituents is 1. The van der Waals surface area contributed by atoms with Crippen molar-refractivity contribution in [2.75, 3.05) is 10.3 Å². The van der Waals surface area contributed by atoms with E-state index in [1.165, 1.54) is 24.3 Å². The SMILES string of the molecule is Cc1ccc(NN2C(=O)[C@@H]3C[C@@H]4C(=CC[C@@H]5C(=O)N(c6cccc(C(=O)O)c6)C(=O)[C@@H]54)[C@H](C4=COc5ccc(O)cc5C4)[C@]3(c3ccccc3)C2=O)cc1. The lowest BCUT2D eigenvalue weighted by Gasteiger charge is -2.51. The molecule has 9 rings (SSSR count). The van der Waals surface area contributed by atoms with Crippen LogP contribution in [0.3, 0.4) is 0 Å². The summed E-state index contributed by atoms with van der Waals surface area (Å²) in [4.78, 5) is 71.9. The Bertz CT molecular complexity index is 2350. The number of hydrogen-bond donors (Lipinski definition) is 3. The van der Waals surface area contributed by atoms with Gasteiger partial charge in [0.25, 0.3) is 11.8 Å². The molecule has 1 saturated carbocycles. The van der Waals surface area contributed by atoms with E-state index in [2.05, 4.69) is 5.43 Å². The first-order chi connectivity index (χ1) is 26.1. The van der Waals surface area contributed by atoms with Crippen LogP contribution in [0.15, 0.2) is 121 Å². The predicted molar refractivity (Wildman–Crippen MR) is 196 cm³/mol. The number of hydrogen-bond acceptors (Lipinski definition) is 8. The molecular weight excluding hydrogens is 686 g/mol. The minimum absolute atomic E-state index is 0.0539. The van der Waals surface area contributed by atoms with Gasteiger partial charge < -0.3 is 14.9 Å². The highest BCUT2D eigenvalue weighted by atomic mass is 16.5. The molecule has 0 aromatic heterocycles. The molecule has 11 heteroatoms. The maximum absolute atomic E-state index is 15.4. The lowest BCUT2D eigenvalue weighted by Crippen LogP contribution is -2.55. The fourth-order valence-corrected chi connectivity index (χ4v) is 9.60. The molecule has 4 amide bonds. The van der Waals surface area contributed by atoms with Gasteiger partial charge in [0.15, 0.2) is 0 Å². The van der Waals surface area contributed by atoms with E-state index < -0.39 is 64.6 Å². The molecule has 11 nitrogen and oxygen atoms in total. The number of carboxylic acid groups (broad SMARTS) is 1. The number of benzene rings is 4. The number of nitrogens with one attached hydrogen (secondary N) is 1. The maximum atomic E-state index is 15.4. The molecule has 0 bridgehead atoms. The molecular formula is C43H35N3O8. The maximum Gasteiger partial charge on any atom is 0.335 e. The molecule has 270 valence electrons. The molecule has 6 atom stereocenters. The van der Waals surface area contributed by atoms with Gasteiger partial charge in [0.05, 0.1) is 46.4 Å². The number of hydrazine groups is 1. The summed E-state index contributed by atoms with van der Waals surface area (Å²) in [6.45, 7) is 1.94. The Balaban J connectivity index is 1.21. The molecule has 2 saturated heterocycles. The zero-order valence-corrected chi connectivity index (χ0v) is 29.1. The van der Waals surface area contributed by atoms with Crippen LogP contribution in [0.5, 0.6) is 11.5 Å². The van der Waals surface area contributed by atoms with E-state index in [0.717, 1.165) is 21.0 Å². The summed E-state index contributed by atoms with van der Waals surface area (Å²) in [5.41, 5.74) is 6.12. The van der Waals surface area contributed by atoms with Crippen LogP contribution in [-0.2, 0) is 31.0 Å². The number of rotatable bonds is 6. The van der Waals surface area contributed by atoms with Gasteiger partial charge in [0.1, 0.15) is 11.5 Å². The number of aromatic hydroxyl groups is 1. The number of anilines is 2. The molecule has 54 heavy (non-hydrogen) atoms. The second kappa shape index (κ2) is 12.3. The van der Waals surface area contributed by atoms with Gasteiger partial charge in [0, 0.05) is 17.9 Å². The molecule has 2 aliphatic carbocycles. The normalized spacial score (nSPS) is 26.9. The first-order valence-corrected chi connectivity index (χ1v) is 17.9. The van der Waals surface area contributed by atoms with Crippen molar-refractivity contribution in [3.05, 3.63) is 143 Å². The van der Waals surface area contributed by atoms with Gasteiger partial charge in [0.2, 0.25) is 11.8 Å². The van der Waals surface area contributed by atoms with Crippen molar-refractivity contribution in [1.82, 2.24) is 5.01 Å². The Morgan fingerprint density at radius 2 is 1.65 bits per heavy atom. The zero-order valence-electron chi connectivity index (χ0n) is 29.1. The summed E-state index contributed by atoms with van der Waals surface area (Å²) < 4.78 is 6.18. The van der Waals surface area contributed by atoms with Crippen LogP contribution >= 0.6 is 0 Å². The zero-order chi connectivity index (χ0) is 37.5. The summed E-state index contributed by atoms with van der Waals surface area (Å²) in [5, 5.41) is 21.2. The molecule has 4 aromatic carbocycles. The molecule has 3 N–H and O–H groups in total. The topological polar surface area (TPSA) is 154 Å². The average molecular weight is 722 g/mol. The lowest BCUT2D eigenvalue weighted by atomic mass is 9.48. The Labute approximate surface area is 310 Å². The van der Waals surface area contributed by atoms with Gasteiger partial charge in [-0.1, -0.05) is 65.7 Å². The van der Waals surface area contributed by atoms with E-state index in [4.69, 9.17) is 4.74 Å². The van der Waals surface area contributed by atoms with Crippen molar-refractivity contribution < 1.29 is 38.9 Å². The third kappa shape index (κ3) is 4.84. The van der Waals surface area contributed by atoms with E-state index in [-0.39, 0.29) is 29.8 Å².